The summed E-state index contributed by atoms with van der Waals surface area (Å²) in [5.41, 5.74) is 1.87. The Morgan fingerprint density at radius 2 is 2.19 bits per heavy atom. The first-order valence-electron chi connectivity index (χ1n) is 11.5. The predicted molar refractivity (Wildman–Crippen MR) is 123 cm³/mol. The van der Waals surface area contributed by atoms with Crippen molar-refractivity contribution in [1.82, 2.24) is 19.4 Å². The molecule has 8 heteroatoms. The van der Waals surface area contributed by atoms with E-state index in [1.807, 2.05) is 36.2 Å². The molecule has 1 unspecified atom stereocenters. The Morgan fingerprint density at radius 1 is 1.34 bits per heavy atom. The van der Waals surface area contributed by atoms with E-state index in [-0.39, 0.29) is 17.4 Å². The number of aryl methyl sites for hydroxylation is 1. The normalized spacial score (nSPS) is 17.0. The molecule has 0 spiro atoms. The number of pyridine rings is 1. The average Bonchev–Trinajstić information content (AvgIpc) is 3.36. The summed E-state index contributed by atoms with van der Waals surface area (Å²) in [5.74, 6) is 2.51. The van der Waals surface area contributed by atoms with Gasteiger partial charge in [0.25, 0.3) is 5.88 Å². The highest BCUT2D eigenvalue weighted by Crippen LogP contribution is 2.34. The first-order valence-corrected chi connectivity index (χ1v) is 11.5. The molecule has 8 nitrogen and oxygen atoms in total. The molecule has 1 N–H and O–H groups in total. The van der Waals surface area contributed by atoms with Crippen molar-refractivity contribution in [2.75, 3.05) is 25.0 Å². The predicted octanol–water partition coefficient (Wildman–Crippen LogP) is 4.27. The number of hydrogen-bond acceptors (Lipinski definition) is 6. The molecule has 3 aromatic rings. The van der Waals surface area contributed by atoms with Crippen molar-refractivity contribution >= 4 is 17.4 Å². The van der Waals surface area contributed by atoms with Gasteiger partial charge in [0.1, 0.15) is 17.2 Å². The number of piperidine rings is 1. The third kappa shape index (κ3) is 5.06. The number of rotatable bonds is 7. The van der Waals surface area contributed by atoms with E-state index in [2.05, 4.69) is 35.6 Å². The molecule has 1 aliphatic heterocycles. The molecule has 172 valence electrons. The fraction of sp³-hybridized carbons (Fsp3) is 0.542. The first-order chi connectivity index (χ1) is 15.3. The number of nitrogens with zero attached hydrogens (tertiary/aromatic N) is 4. The lowest BCUT2D eigenvalue weighted by molar-refractivity contribution is -0.132. The van der Waals surface area contributed by atoms with Gasteiger partial charge in [0.2, 0.25) is 5.91 Å². The van der Waals surface area contributed by atoms with Crippen molar-refractivity contribution in [3.63, 3.8) is 0 Å². The van der Waals surface area contributed by atoms with E-state index in [1.165, 1.54) is 0 Å². The van der Waals surface area contributed by atoms with Crippen molar-refractivity contribution in [2.45, 2.75) is 64.8 Å². The SMILES string of the molecule is CCOc1cc(CCC(=O)N2CCCC(c3nc4ccccn4c3NC(C)(C)C)C2)on1. The number of nitrogens with one attached hydrogen (secondary N) is 1. The fourth-order valence-corrected chi connectivity index (χ4v) is 4.22. The van der Waals surface area contributed by atoms with Crippen molar-refractivity contribution in [3.8, 4) is 5.88 Å². The van der Waals surface area contributed by atoms with Gasteiger partial charge in [0.05, 0.1) is 12.3 Å². The molecule has 1 fully saturated rings. The van der Waals surface area contributed by atoms with Crippen LogP contribution in [0.5, 0.6) is 5.88 Å². The van der Waals surface area contributed by atoms with Gasteiger partial charge in [0, 0.05) is 49.7 Å². The minimum Gasteiger partial charge on any atom is -0.476 e. The highest BCUT2D eigenvalue weighted by atomic mass is 16.5. The van der Waals surface area contributed by atoms with Gasteiger partial charge in [-0.25, -0.2) is 4.98 Å². The minimum atomic E-state index is -0.0951. The Hall–Kier alpha value is -3.03. The molecular formula is C24H33N5O3. The van der Waals surface area contributed by atoms with Gasteiger partial charge >= 0.3 is 0 Å². The summed E-state index contributed by atoms with van der Waals surface area (Å²) in [6.07, 6.45) is 4.94. The van der Waals surface area contributed by atoms with Gasteiger partial charge in [-0.05, 0) is 57.8 Å². The van der Waals surface area contributed by atoms with Gasteiger partial charge in [-0.15, -0.1) is 0 Å². The van der Waals surface area contributed by atoms with E-state index in [0.29, 0.717) is 37.6 Å². The van der Waals surface area contributed by atoms with Crippen LogP contribution in [0.4, 0.5) is 5.82 Å². The summed E-state index contributed by atoms with van der Waals surface area (Å²) in [7, 11) is 0. The maximum Gasteiger partial charge on any atom is 0.254 e. The van der Waals surface area contributed by atoms with Gasteiger partial charge in [-0.1, -0.05) is 6.07 Å². The summed E-state index contributed by atoms with van der Waals surface area (Å²) in [5, 5.41) is 7.51. The van der Waals surface area contributed by atoms with Crippen LogP contribution in [0.3, 0.4) is 0 Å². The number of anilines is 1. The van der Waals surface area contributed by atoms with E-state index in [1.54, 1.807) is 6.07 Å². The second-order valence-electron chi connectivity index (χ2n) is 9.39. The van der Waals surface area contributed by atoms with Gasteiger partial charge in [-0.3, -0.25) is 9.20 Å². The van der Waals surface area contributed by atoms with Crippen molar-refractivity contribution < 1.29 is 14.1 Å². The summed E-state index contributed by atoms with van der Waals surface area (Å²) in [6, 6.07) is 7.81. The molecule has 1 aliphatic rings. The monoisotopic (exact) mass is 439 g/mol. The Morgan fingerprint density at radius 3 is 2.97 bits per heavy atom. The van der Waals surface area contributed by atoms with Gasteiger partial charge < -0.3 is 19.5 Å². The number of ether oxygens (including phenoxy) is 1. The largest absolute Gasteiger partial charge is 0.476 e. The average molecular weight is 440 g/mol. The van der Waals surface area contributed by atoms with E-state index in [9.17, 15) is 4.79 Å². The third-order valence-electron chi connectivity index (χ3n) is 5.63. The van der Waals surface area contributed by atoms with Crippen LogP contribution >= 0.6 is 0 Å². The fourth-order valence-electron chi connectivity index (χ4n) is 4.22. The van der Waals surface area contributed by atoms with Crippen molar-refractivity contribution in [1.29, 1.82) is 0 Å². The molecule has 0 saturated carbocycles. The van der Waals surface area contributed by atoms with Crippen molar-refractivity contribution in [2.24, 2.45) is 0 Å². The van der Waals surface area contributed by atoms with E-state index in [0.717, 1.165) is 36.5 Å². The Labute approximate surface area is 188 Å². The quantitative estimate of drug-likeness (QED) is 0.592. The van der Waals surface area contributed by atoms with Gasteiger partial charge in [-0.2, -0.15) is 0 Å². The van der Waals surface area contributed by atoms with E-state index in [4.69, 9.17) is 14.2 Å². The maximum absolute atomic E-state index is 13.0. The zero-order valence-electron chi connectivity index (χ0n) is 19.4. The number of amides is 1. The number of carbonyl (C=O) groups excluding carboxylic acids is 1. The molecule has 1 saturated heterocycles. The van der Waals surface area contributed by atoms with Crippen LogP contribution in [0.25, 0.3) is 5.65 Å². The summed E-state index contributed by atoms with van der Waals surface area (Å²) >= 11 is 0. The second kappa shape index (κ2) is 9.22. The number of hydrogen-bond donors (Lipinski definition) is 1. The number of carbonyl (C=O) groups is 1. The van der Waals surface area contributed by atoms with E-state index >= 15 is 0 Å². The molecule has 0 aliphatic carbocycles. The molecule has 1 atom stereocenters. The zero-order chi connectivity index (χ0) is 22.7. The number of fused-ring (bicyclic) bond motifs is 1. The van der Waals surface area contributed by atoms with Crippen LogP contribution in [-0.4, -0.2) is 50.6 Å². The van der Waals surface area contributed by atoms with Crippen LogP contribution in [-0.2, 0) is 11.2 Å². The molecule has 4 rings (SSSR count). The van der Waals surface area contributed by atoms with Gasteiger partial charge in [0.15, 0.2) is 0 Å². The molecule has 3 aromatic heterocycles. The lowest BCUT2D eigenvalue weighted by Gasteiger charge is -2.33. The minimum absolute atomic E-state index is 0.0951. The zero-order valence-corrected chi connectivity index (χ0v) is 19.4. The Bertz CT molecular complexity index is 1070. The van der Waals surface area contributed by atoms with Crippen LogP contribution in [0, 0.1) is 0 Å². The second-order valence-corrected chi connectivity index (χ2v) is 9.39. The van der Waals surface area contributed by atoms with Crippen LogP contribution in [0.1, 0.15) is 64.3 Å². The molecule has 32 heavy (non-hydrogen) atoms. The topological polar surface area (TPSA) is 84.9 Å². The number of aromatic nitrogens is 3. The number of likely N-dealkylation sites (tertiary alicyclic amines) is 1. The van der Waals surface area contributed by atoms with Crippen molar-refractivity contribution in [3.05, 3.63) is 41.9 Å². The first kappa shape index (κ1) is 22.2. The Balaban J connectivity index is 1.47. The summed E-state index contributed by atoms with van der Waals surface area (Å²) < 4.78 is 12.7. The smallest absolute Gasteiger partial charge is 0.254 e. The highest BCUT2D eigenvalue weighted by molar-refractivity contribution is 5.76. The lowest BCUT2D eigenvalue weighted by atomic mass is 9.93. The Kier molecular flexibility index (Phi) is 6.39. The van der Waals surface area contributed by atoms with Crippen LogP contribution < -0.4 is 10.1 Å². The lowest BCUT2D eigenvalue weighted by Crippen LogP contribution is -2.39. The molecule has 0 bridgehead atoms. The highest BCUT2D eigenvalue weighted by Gasteiger charge is 2.30. The van der Waals surface area contributed by atoms with Crippen LogP contribution in [0.2, 0.25) is 0 Å². The number of imidazole rings is 1. The molecule has 4 heterocycles. The molecular weight excluding hydrogens is 406 g/mol. The molecule has 0 radical (unpaired) electrons. The molecule has 0 aromatic carbocycles. The summed E-state index contributed by atoms with van der Waals surface area (Å²) in [4.78, 5) is 19.9. The van der Waals surface area contributed by atoms with E-state index < -0.39 is 0 Å². The summed E-state index contributed by atoms with van der Waals surface area (Å²) in [6.45, 7) is 10.3. The third-order valence-corrected chi connectivity index (χ3v) is 5.63. The maximum atomic E-state index is 13.0. The standard InChI is InChI=1S/C24H33N5O3/c1-5-31-20-15-18(32-27-20)11-12-21(30)28-13-8-9-17(16-28)22-23(26-24(2,3)4)29-14-7-6-10-19(29)25-22/h6-7,10,14-15,17,26H,5,8-9,11-13,16H2,1-4H3. The molecule has 1 amide bonds. The van der Waals surface area contributed by atoms with Crippen LogP contribution in [0.15, 0.2) is 35.0 Å².